The number of aliphatic hydroxyl groups is 1. The predicted octanol–water partition coefficient (Wildman–Crippen LogP) is 5.02. The van der Waals surface area contributed by atoms with Crippen LogP contribution in [0, 0.1) is 6.92 Å². The van der Waals surface area contributed by atoms with Gasteiger partial charge in [0.1, 0.15) is 0 Å². The Morgan fingerprint density at radius 2 is 1.72 bits per heavy atom. The molecule has 0 saturated heterocycles. The zero-order valence-corrected chi connectivity index (χ0v) is 12.6. The van der Waals surface area contributed by atoms with Crippen molar-refractivity contribution in [1.29, 1.82) is 0 Å². The summed E-state index contributed by atoms with van der Waals surface area (Å²) >= 11 is 1.61. The zero-order valence-electron chi connectivity index (χ0n) is 11.8. The van der Waals surface area contributed by atoms with Crippen LogP contribution in [0.15, 0.2) is 6.20 Å². The molecule has 1 heterocycles. The number of nitrogens with zero attached hydrogens (tertiary/aromatic N) is 1. The van der Waals surface area contributed by atoms with Crippen LogP contribution in [-0.4, -0.2) is 10.1 Å². The summed E-state index contributed by atoms with van der Waals surface area (Å²) in [5.41, 5.74) is 0. The van der Waals surface area contributed by atoms with E-state index in [0.29, 0.717) is 0 Å². The minimum absolute atomic E-state index is 0.295. The predicted molar refractivity (Wildman–Crippen MR) is 79.0 cm³/mol. The van der Waals surface area contributed by atoms with Crippen molar-refractivity contribution >= 4 is 11.3 Å². The molecule has 0 fully saturated rings. The van der Waals surface area contributed by atoms with Gasteiger partial charge in [-0.25, -0.2) is 4.98 Å². The maximum atomic E-state index is 9.98. The lowest BCUT2D eigenvalue weighted by Gasteiger charge is -2.07. The highest BCUT2D eigenvalue weighted by molar-refractivity contribution is 7.11. The molecule has 0 aliphatic rings. The van der Waals surface area contributed by atoms with Crippen LogP contribution in [0.2, 0.25) is 0 Å². The SMILES string of the molecule is CCCCCCCCCCC(O)c1cnc(C)s1. The van der Waals surface area contributed by atoms with E-state index in [4.69, 9.17) is 0 Å². The van der Waals surface area contributed by atoms with Crippen molar-refractivity contribution in [1.82, 2.24) is 4.98 Å². The van der Waals surface area contributed by atoms with Gasteiger partial charge in [0, 0.05) is 6.20 Å². The Balaban J connectivity index is 1.97. The first-order chi connectivity index (χ1) is 8.74. The second kappa shape index (κ2) is 9.51. The summed E-state index contributed by atoms with van der Waals surface area (Å²) in [5.74, 6) is 0. The van der Waals surface area contributed by atoms with Crippen molar-refractivity contribution in [3.8, 4) is 0 Å². The van der Waals surface area contributed by atoms with E-state index < -0.39 is 0 Å². The smallest absolute Gasteiger partial charge is 0.0898 e. The molecule has 1 atom stereocenters. The molecule has 1 unspecified atom stereocenters. The number of unbranched alkanes of at least 4 members (excludes halogenated alkanes) is 7. The lowest BCUT2D eigenvalue weighted by Crippen LogP contribution is -1.94. The number of aliphatic hydroxyl groups excluding tert-OH is 1. The van der Waals surface area contributed by atoms with Crippen molar-refractivity contribution in [3.63, 3.8) is 0 Å². The molecule has 0 radical (unpaired) electrons. The third kappa shape index (κ3) is 6.50. The number of aromatic nitrogens is 1. The highest BCUT2D eigenvalue weighted by Crippen LogP contribution is 2.25. The fourth-order valence-corrected chi connectivity index (χ4v) is 2.95. The Labute approximate surface area is 115 Å². The van der Waals surface area contributed by atoms with E-state index in [-0.39, 0.29) is 6.10 Å². The molecule has 104 valence electrons. The van der Waals surface area contributed by atoms with Crippen LogP contribution in [0.1, 0.15) is 80.7 Å². The van der Waals surface area contributed by atoms with Crippen molar-refractivity contribution < 1.29 is 5.11 Å². The largest absolute Gasteiger partial charge is 0.388 e. The highest BCUT2D eigenvalue weighted by Gasteiger charge is 2.09. The molecule has 1 N–H and O–H groups in total. The Kier molecular flexibility index (Phi) is 8.27. The fourth-order valence-electron chi connectivity index (χ4n) is 2.15. The summed E-state index contributed by atoms with van der Waals surface area (Å²) in [6.45, 7) is 4.24. The van der Waals surface area contributed by atoms with Crippen LogP contribution >= 0.6 is 11.3 Å². The lowest BCUT2D eigenvalue weighted by molar-refractivity contribution is 0.167. The van der Waals surface area contributed by atoms with E-state index >= 15 is 0 Å². The standard InChI is InChI=1S/C15H27NOS/c1-3-4-5-6-7-8-9-10-11-14(17)15-12-16-13(2)18-15/h12,14,17H,3-11H2,1-2H3. The van der Waals surface area contributed by atoms with Gasteiger partial charge in [-0.3, -0.25) is 0 Å². The Hall–Kier alpha value is -0.410. The molecule has 18 heavy (non-hydrogen) atoms. The lowest BCUT2D eigenvalue weighted by atomic mass is 10.1. The summed E-state index contributed by atoms with van der Waals surface area (Å²) in [6, 6.07) is 0. The van der Waals surface area contributed by atoms with E-state index in [2.05, 4.69) is 11.9 Å². The van der Waals surface area contributed by atoms with Crippen molar-refractivity contribution in [3.05, 3.63) is 16.1 Å². The monoisotopic (exact) mass is 269 g/mol. The second-order valence-corrected chi connectivity index (χ2v) is 6.33. The van der Waals surface area contributed by atoms with Gasteiger partial charge >= 0.3 is 0 Å². The maximum Gasteiger partial charge on any atom is 0.0898 e. The Morgan fingerprint density at radius 3 is 2.28 bits per heavy atom. The van der Waals surface area contributed by atoms with Crippen molar-refractivity contribution in [2.45, 2.75) is 77.7 Å². The van der Waals surface area contributed by atoms with Gasteiger partial charge in [-0.05, 0) is 13.3 Å². The minimum atomic E-state index is -0.295. The molecule has 0 saturated carbocycles. The van der Waals surface area contributed by atoms with E-state index in [0.717, 1.165) is 22.7 Å². The average Bonchev–Trinajstić information content (AvgIpc) is 2.79. The molecule has 0 aliphatic heterocycles. The molecule has 1 rings (SSSR count). The van der Waals surface area contributed by atoms with Crippen LogP contribution in [0.25, 0.3) is 0 Å². The van der Waals surface area contributed by atoms with Gasteiger partial charge in [0.15, 0.2) is 0 Å². The van der Waals surface area contributed by atoms with E-state index in [1.807, 2.05) is 13.1 Å². The van der Waals surface area contributed by atoms with Crippen LogP contribution < -0.4 is 0 Å². The molecule has 0 bridgehead atoms. The quantitative estimate of drug-likeness (QED) is 0.605. The van der Waals surface area contributed by atoms with Gasteiger partial charge in [0.25, 0.3) is 0 Å². The molecule has 1 aromatic heterocycles. The van der Waals surface area contributed by atoms with Gasteiger partial charge in [0.2, 0.25) is 0 Å². The number of aryl methyl sites for hydroxylation is 1. The summed E-state index contributed by atoms with van der Waals surface area (Å²) in [4.78, 5) is 5.21. The molecule has 0 spiro atoms. The molecule has 0 amide bonds. The molecular formula is C15H27NOS. The first kappa shape index (κ1) is 15.6. The summed E-state index contributed by atoms with van der Waals surface area (Å²) < 4.78 is 0. The van der Waals surface area contributed by atoms with E-state index in [9.17, 15) is 5.11 Å². The van der Waals surface area contributed by atoms with E-state index in [1.165, 1.54) is 44.9 Å². The van der Waals surface area contributed by atoms with Crippen molar-refractivity contribution in [2.24, 2.45) is 0 Å². The third-order valence-corrected chi connectivity index (χ3v) is 4.31. The zero-order chi connectivity index (χ0) is 13.2. The van der Waals surface area contributed by atoms with Crippen LogP contribution in [0.4, 0.5) is 0 Å². The van der Waals surface area contributed by atoms with Crippen LogP contribution in [0.5, 0.6) is 0 Å². The molecule has 3 heteroatoms. The normalized spacial score (nSPS) is 12.8. The molecule has 0 aliphatic carbocycles. The molecule has 0 aromatic carbocycles. The van der Waals surface area contributed by atoms with Gasteiger partial charge in [-0.2, -0.15) is 0 Å². The van der Waals surface area contributed by atoms with Gasteiger partial charge in [-0.15, -0.1) is 11.3 Å². The topological polar surface area (TPSA) is 33.1 Å². The average molecular weight is 269 g/mol. The maximum absolute atomic E-state index is 9.98. The first-order valence-electron chi connectivity index (χ1n) is 7.34. The summed E-state index contributed by atoms with van der Waals surface area (Å²) in [5, 5.41) is 11.0. The van der Waals surface area contributed by atoms with Crippen molar-refractivity contribution in [2.75, 3.05) is 0 Å². The van der Waals surface area contributed by atoms with Crippen LogP contribution in [-0.2, 0) is 0 Å². The molecular weight excluding hydrogens is 242 g/mol. The second-order valence-electron chi connectivity index (χ2n) is 5.06. The molecule has 2 nitrogen and oxygen atoms in total. The molecule has 1 aromatic rings. The summed E-state index contributed by atoms with van der Waals surface area (Å²) in [7, 11) is 0. The number of hydrogen-bond donors (Lipinski definition) is 1. The van der Waals surface area contributed by atoms with Gasteiger partial charge < -0.3 is 5.11 Å². The number of thiazole rings is 1. The van der Waals surface area contributed by atoms with Gasteiger partial charge in [0.05, 0.1) is 16.0 Å². The highest BCUT2D eigenvalue weighted by atomic mass is 32.1. The first-order valence-corrected chi connectivity index (χ1v) is 8.16. The Morgan fingerprint density at radius 1 is 1.11 bits per heavy atom. The fraction of sp³-hybridized carbons (Fsp3) is 0.800. The number of hydrogen-bond acceptors (Lipinski definition) is 3. The van der Waals surface area contributed by atoms with Crippen LogP contribution in [0.3, 0.4) is 0 Å². The van der Waals surface area contributed by atoms with E-state index in [1.54, 1.807) is 11.3 Å². The Bertz CT molecular complexity index is 311. The van der Waals surface area contributed by atoms with Gasteiger partial charge in [-0.1, -0.05) is 58.3 Å². The third-order valence-electron chi connectivity index (χ3n) is 3.30. The minimum Gasteiger partial charge on any atom is -0.388 e. The number of rotatable bonds is 10. The summed E-state index contributed by atoms with van der Waals surface area (Å²) in [6.07, 6.45) is 12.9.